The van der Waals surface area contributed by atoms with Gasteiger partial charge in [0.05, 0.1) is 12.7 Å². The Balaban J connectivity index is 0.00000280. The smallest absolute Gasteiger partial charge is 0.256 e. The normalized spacial score (nSPS) is 17.6. The lowest BCUT2D eigenvalue weighted by Crippen LogP contribution is -2.45. The van der Waals surface area contributed by atoms with Gasteiger partial charge in [-0.05, 0) is 55.5 Å². The molecule has 28 heavy (non-hydrogen) atoms. The molecule has 0 aromatic heterocycles. The zero-order valence-electron chi connectivity index (χ0n) is 16.0. The number of likely N-dealkylation sites (tertiary alicyclic amines) is 1. The van der Waals surface area contributed by atoms with Crippen LogP contribution in [0.2, 0.25) is 0 Å². The van der Waals surface area contributed by atoms with E-state index in [1.165, 1.54) is 31.4 Å². The van der Waals surface area contributed by atoms with Crippen molar-refractivity contribution < 1.29 is 18.3 Å². The van der Waals surface area contributed by atoms with E-state index in [0.717, 1.165) is 12.8 Å². The van der Waals surface area contributed by atoms with Gasteiger partial charge in [0.2, 0.25) is 0 Å². The number of nitrogens with two attached hydrogens (primary N) is 1. The van der Waals surface area contributed by atoms with Crippen molar-refractivity contribution in [3.63, 3.8) is 0 Å². The van der Waals surface area contributed by atoms with Gasteiger partial charge in [-0.25, -0.2) is 8.78 Å². The van der Waals surface area contributed by atoms with Crippen LogP contribution in [0.5, 0.6) is 5.75 Å². The molecule has 0 aliphatic carbocycles. The minimum absolute atomic E-state index is 0. The molecule has 7 heteroatoms. The number of rotatable bonds is 4. The molecule has 2 aromatic carbocycles. The Morgan fingerprint density at radius 1 is 1.21 bits per heavy atom. The van der Waals surface area contributed by atoms with Crippen molar-refractivity contribution in [3.8, 4) is 16.9 Å². The van der Waals surface area contributed by atoms with Crippen molar-refractivity contribution >= 4 is 18.3 Å². The first-order valence-electron chi connectivity index (χ1n) is 9.09. The molecule has 1 aliphatic rings. The van der Waals surface area contributed by atoms with Crippen LogP contribution in [0.25, 0.3) is 11.1 Å². The third-order valence-electron chi connectivity index (χ3n) is 5.18. The van der Waals surface area contributed by atoms with E-state index < -0.39 is 11.6 Å². The molecule has 2 unspecified atom stereocenters. The Hall–Kier alpha value is -2.18. The first-order chi connectivity index (χ1) is 12.9. The highest BCUT2D eigenvalue weighted by atomic mass is 35.5. The van der Waals surface area contributed by atoms with Gasteiger partial charge in [0.15, 0.2) is 0 Å². The van der Waals surface area contributed by atoms with Crippen molar-refractivity contribution in [2.45, 2.75) is 25.8 Å². The van der Waals surface area contributed by atoms with Gasteiger partial charge in [0, 0.05) is 30.8 Å². The predicted molar refractivity (Wildman–Crippen MR) is 108 cm³/mol. The summed E-state index contributed by atoms with van der Waals surface area (Å²) in [5, 5.41) is 0. The second-order valence-electron chi connectivity index (χ2n) is 7.05. The molecule has 0 radical (unpaired) electrons. The number of hydrogen-bond donors (Lipinski definition) is 1. The second kappa shape index (κ2) is 9.34. The lowest BCUT2D eigenvalue weighted by molar-refractivity contribution is 0.0656. The van der Waals surface area contributed by atoms with Crippen molar-refractivity contribution in [1.82, 2.24) is 4.90 Å². The maximum Gasteiger partial charge on any atom is 0.256 e. The molecule has 0 spiro atoms. The molecule has 4 nitrogen and oxygen atoms in total. The Bertz CT molecular complexity index is 845. The number of benzene rings is 2. The van der Waals surface area contributed by atoms with Gasteiger partial charge in [-0.15, -0.1) is 12.4 Å². The number of ether oxygens (including phenoxy) is 1. The Labute approximate surface area is 170 Å². The van der Waals surface area contributed by atoms with Gasteiger partial charge in [-0.2, -0.15) is 0 Å². The molecule has 2 N–H and O–H groups in total. The summed E-state index contributed by atoms with van der Waals surface area (Å²) >= 11 is 0. The highest BCUT2D eigenvalue weighted by Crippen LogP contribution is 2.28. The van der Waals surface area contributed by atoms with Crippen LogP contribution < -0.4 is 10.5 Å². The summed E-state index contributed by atoms with van der Waals surface area (Å²) in [6.07, 6.45) is 1.83. The zero-order valence-corrected chi connectivity index (χ0v) is 16.8. The van der Waals surface area contributed by atoms with Crippen molar-refractivity contribution in [2.75, 3.05) is 20.2 Å². The largest absolute Gasteiger partial charge is 0.497 e. The molecule has 2 atom stereocenters. The summed E-state index contributed by atoms with van der Waals surface area (Å²) in [5.41, 5.74) is 6.58. The molecular weight excluding hydrogens is 386 g/mol. The van der Waals surface area contributed by atoms with E-state index in [9.17, 15) is 13.6 Å². The summed E-state index contributed by atoms with van der Waals surface area (Å²) in [6.45, 7) is 3.05. The van der Waals surface area contributed by atoms with E-state index in [4.69, 9.17) is 10.5 Å². The molecule has 2 aromatic rings. The fourth-order valence-corrected chi connectivity index (χ4v) is 3.51. The maximum atomic E-state index is 14.7. The molecule has 1 saturated heterocycles. The molecule has 152 valence electrons. The molecule has 0 saturated carbocycles. The molecular formula is C21H25ClF2N2O2. The monoisotopic (exact) mass is 410 g/mol. The Kier molecular flexibility index (Phi) is 7.38. The van der Waals surface area contributed by atoms with E-state index in [2.05, 4.69) is 0 Å². The van der Waals surface area contributed by atoms with Gasteiger partial charge in [0.25, 0.3) is 5.91 Å². The van der Waals surface area contributed by atoms with Crippen molar-refractivity contribution in [1.29, 1.82) is 0 Å². The van der Waals surface area contributed by atoms with E-state index in [1.54, 1.807) is 17.0 Å². The van der Waals surface area contributed by atoms with E-state index in [1.807, 2.05) is 6.92 Å². The Morgan fingerprint density at radius 3 is 2.57 bits per heavy atom. The number of nitrogens with zero attached hydrogens (tertiary/aromatic N) is 1. The van der Waals surface area contributed by atoms with Crippen LogP contribution in [-0.2, 0) is 0 Å². The average molecular weight is 411 g/mol. The summed E-state index contributed by atoms with van der Waals surface area (Å²) in [5.74, 6) is -0.908. The third kappa shape index (κ3) is 4.62. The number of carbonyl (C=O) groups excluding carboxylic acids is 1. The number of piperidine rings is 1. The minimum atomic E-state index is -0.657. The predicted octanol–water partition coefficient (Wildman–Crippen LogP) is 4.26. The molecule has 0 bridgehead atoms. The number of halogens is 3. The fourth-order valence-electron chi connectivity index (χ4n) is 3.51. The lowest BCUT2D eigenvalue weighted by Gasteiger charge is -2.34. The van der Waals surface area contributed by atoms with Crippen LogP contribution in [-0.4, -0.2) is 37.0 Å². The molecule has 1 heterocycles. The number of methoxy groups -OCH3 is 1. The summed E-state index contributed by atoms with van der Waals surface area (Å²) < 4.78 is 33.9. The molecule has 1 fully saturated rings. The molecule has 1 aliphatic heterocycles. The highest BCUT2D eigenvalue weighted by Gasteiger charge is 2.28. The standard InChI is InChI=1S/C21H24F2N2O2.ClH/c1-13(24)15-4-3-9-25(12-15)21(26)18-7-5-14(10-19(18)22)17-8-6-16(27-2)11-20(17)23;/h5-8,10-11,13,15H,3-4,9,12,24H2,1-2H3;1H. The summed E-state index contributed by atoms with van der Waals surface area (Å²) in [6, 6.07) is 8.56. The van der Waals surface area contributed by atoms with E-state index in [0.29, 0.717) is 24.4 Å². The second-order valence-corrected chi connectivity index (χ2v) is 7.05. The van der Waals surface area contributed by atoms with Crippen LogP contribution in [0.1, 0.15) is 30.1 Å². The van der Waals surface area contributed by atoms with Crippen molar-refractivity contribution in [3.05, 3.63) is 53.6 Å². The molecule has 3 rings (SSSR count). The quantitative estimate of drug-likeness (QED) is 0.819. The van der Waals surface area contributed by atoms with Crippen LogP contribution in [0.15, 0.2) is 36.4 Å². The van der Waals surface area contributed by atoms with E-state index >= 15 is 0 Å². The topological polar surface area (TPSA) is 55.6 Å². The van der Waals surface area contributed by atoms with Gasteiger partial charge in [0.1, 0.15) is 17.4 Å². The maximum absolute atomic E-state index is 14.7. The summed E-state index contributed by atoms with van der Waals surface area (Å²) in [4.78, 5) is 14.4. The van der Waals surface area contributed by atoms with Crippen LogP contribution >= 0.6 is 12.4 Å². The van der Waals surface area contributed by atoms with Gasteiger partial charge in [-0.3, -0.25) is 4.79 Å². The van der Waals surface area contributed by atoms with Crippen LogP contribution in [0.3, 0.4) is 0 Å². The highest BCUT2D eigenvalue weighted by molar-refractivity contribution is 5.95. The first kappa shape index (κ1) is 22.1. The van der Waals surface area contributed by atoms with Crippen LogP contribution in [0, 0.1) is 17.6 Å². The molecule has 1 amide bonds. The van der Waals surface area contributed by atoms with E-state index in [-0.39, 0.29) is 41.4 Å². The number of amides is 1. The fraction of sp³-hybridized carbons (Fsp3) is 0.381. The number of hydrogen-bond acceptors (Lipinski definition) is 3. The van der Waals surface area contributed by atoms with Gasteiger partial charge < -0.3 is 15.4 Å². The van der Waals surface area contributed by atoms with Gasteiger partial charge in [-0.1, -0.05) is 6.07 Å². The van der Waals surface area contributed by atoms with Crippen LogP contribution in [0.4, 0.5) is 8.78 Å². The van der Waals surface area contributed by atoms with Gasteiger partial charge >= 0.3 is 0 Å². The number of carbonyl (C=O) groups is 1. The first-order valence-corrected chi connectivity index (χ1v) is 9.09. The zero-order chi connectivity index (χ0) is 19.6. The minimum Gasteiger partial charge on any atom is -0.497 e. The Morgan fingerprint density at radius 2 is 1.96 bits per heavy atom. The third-order valence-corrected chi connectivity index (χ3v) is 5.18. The summed E-state index contributed by atoms with van der Waals surface area (Å²) in [7, 11) is 1.45. The van der Waals surface area contributed by atoms with Crippen molar-refractivity contribution in [2.24, 2.45) is 11.7 Å². The lowest BCUT2D eigenvalue weighted by atomic mass is 9.91. The average Bonchev–Trinajstić information content (AvgIpc) is 2.67. The SMILES string of the molecule is COc1ccc(-c2ccc(C(=O)N3CCCC(C(C)N)C3)c(F)c2)c(F)c1.Cl.